The Hall–Kier alpha value is -1.91. The first-order valence-corrected chi connectivity index (χ1v) is 8.80. The number of methoxy groups -OCH3 is 3. The highest BCUT2D eigenvalue weighted by Crippen LogP contribution is 2.40. The molecule has 1 aromatic rings. The smallest absolute Gasteiger partial charge is 0.254 e. The molecule has 0 radical (unpaired) electrons. The van der Waals surface area contributed by atoms with E-state index in [-0.39, 0.29) is 5.91 Å². The zero-order valence-electron chi connectivity index (χ0n) is 14.8. The van der Waals surface area contributed by atoms with Crippen LogP contribution in [-0.4, -0.2) is 44.7 Å². The molecule has 1 saturated carbocycles. The monoisotopic (exact) mass is 333 g/mol. The minimum Gasteiger partial charge on any atom is -0.493 e. The van der Waals surface area contributed by atoms with Crippen molar-refractivity contribution in [2.75, 3.05) is 27.9 Å². The number of carbonyl (C=O) groups is 1. The average molecular weight is 333 g/mol. The first-order valence-electron chi connectivity index (χ1n) is 8.80. The molecule has 1 aliphatic heterocycles. The average Bonchev–Trinajstić information content (AvgIpc) is 2.65. The van der Waals surface area contributed by atoms with Crippen molar-refractivity contribution < 1.29 is 19.0 Å². The number of carbonyl (C=O) groups excluding carboxylic acids is 1. The molecule has 1 saturated heterocycles. The minimum absolute atomic E-state index is 0.0749. The molecule has 0 bridgehead atoms. The number of piperidine rings is 1. The zero-order chi connectivity index (χ0) is 17.1. The molecule has 1 heterocycles. The summed E-state index contributed by atoms with van der Waals surface area (Å²) in [4.78, 5) is 15.2. The summed E-state index contributed by atoms with van der Waals surface area (Å²) in [6.07, 6.45) is 7.25. The van der Waals surface area contributed by atoms with Crippen LogP contribution in [0.5, 0.6) is 17.2 Å². The van der Waals surface area contributed by atoms with Crippen molar-refractivity contribution in [3.8, 4) is 17.2 Å². The van der Waals surface area contributed by atoms with Gasteiger partial charge in [-0.05, 0) is 43.7 Å². The molecule has 0 N–H and O–H groups in total. The van der Waals surface area contributed by atoms with Gasteiger partial charge in [0.2, 0.25) is 5.75 Å². The van der Waals surface area contributed by atoms with Gasteiger partial charge >= 0.3 is 0 Å². The third-order valence-corrected chi connectivity index (χ3v) is 5.42. The molecule has 1 aliphatic carbocycles. The van der Waals surface area contributed by atoms with Gasteiger partial charge in [-0.1, -0.05) is 12.8 Å². The number of rotatable bonds is 4. The Labute approximate surface area is 143 Å². The van der Waals surface area contributed by atoms with Gasteiger partial charge in [-0.15, -0.1) is 0 Å². The summed E-state index contributed by atoms with van der Waals surface area (Å²) in [6, 6.07) is 3.91. The van der Waals surface area contributed by atoms with Gasteiger partial charge in [0.1, 0.15) is 0 Å². The summed E-state index contributed by atoms with van der Waals surface area (Å²) in [5, 5.41) is 0. The third kappa shape index (κ3) is 3.04. The van der Waals surface area contributed by atoms with Crippen molar-refractivity contribution in [1.82, 2.24) is 4.90 Å². The van der Waals surface area contributed by atoms with Crippen LogP contribution in [0.1, 0.15) is 48.9 Å². The van der Waals surface area contributed by atoms with Crippen LogP contribution in [0.3, 0.4) is 0 Å². The van der Waals surface area contributed by atoms with Crippen LogP contribution in [-0.2, 0) is 0 Å². The molecule has 2 aliphatic rings. The lowest BCUT2D eigenvalue weighted by atomic mass is 9.78. The second-order valence-electron chi connectivity index (χ2n) is 6.67. The van der Waals surface area contributed by atoms with Gasteiger partial charge in [-0.2, -0.15) is 0 Å². The van der Waals surface area contributed by atoms with Gasteiger partial charge in [0, 0.05) is 18.2 Å². The van der Waals surface area contributed by atoms with E-state index in [1.165, 1.54) is 25.7 Å². The van der Waals surface area contributed by atoms with E-state index in [0.717, 1.165) is 19.4 Å². The fourth-order valence-corrected chi connectivity index (χ4v) is 4.25. The van der Waals surface area contributed by atoms with Crippen molar-refractivity contribution >= 4 is 5.91 Å². The zero-order valence-corrected chi connectivity index (χ0v) is 14.8. The highest BCUT2D eigenvalue weighted by atomic mass is 16.5. The van der Waals surface area contributed by atoms with Gasteiger partial charge in [-0.3, -0.25) is 4.79 Å². The lowest BCUT2D eigenvalue weighted by Crippen LogP contribution is -2.49. The normalized spacial score (nSPS) is 23.4. The summed E-state index contributed by atoms with van der Waals surface area (Å²) in [7, 11) is 4.71. The molecule has 3 rings (SSSR count). The summed E-state index contributed by atoms with van der Waals surface area (Å²) in [5.74, 6) is 2.31. The third-order valence-electron chi connectivity index (χ3n) is 5.42. The Kier molecular flexibility index (Phi) is 5.17. The Balaban J connectivity index is 1.91. The largest absolute Gasteiger partial charge is 0.493 e. The minimum atomic E-state index is 0.0749. The van der Waals surface area contributed by atoms with Crippen LogP contribution in [0.15, 0.2) is 12.1 Å². The Morgan fingerprint density at radius 2 is 1.58 bits per heavy atom. The van der Waals surface area contributed by atoms with Crippen LogP contribution in [0.25, 0.3) is 0 Å². The van der Waals surface area contributed by atoms with Gasteiger partial charge in [0.05, 0.1) is 21.3 Å². The quantitative estimate of drug-likeness (QED) is 0.846. The van der Waals surface area contributed by atoms with Crippen LogP contribution in [0.4, 0.5) is 0 Å². The fourth-order valence-electron chi connectivity index (χ4n) is 4.25. The van der Waals surface area contributed by atoms with E-state index >= 15 is 0 Å². The van der Waals surface area contributed by atoms with E-state index in [9.17, 15) is 4.79 Å². The maximum Gasteiger partial charge on any atom is 0.254 e. The van der Waals surface area contributed by atoms with E-state index in [1.807, 2.05) is 0 Å². The lowest BCUT2D eigenvalue weighted by molar-refractivity contribution is 0.0390. The molecule has 0 unspecified atom stereocenters. The standard InChI is InChI=1S/C19H27NO4/c1-22-16-11-14(12-17(23-2)18(16)24-3)19(21)20-10-6-8-13-7-4-5-9-15(13)20/h11-13,15H,4-10H2,1-3H3/t13-,15+/m0/s1. The predicted octanol–water partition coefficient (Wildman–Crippen LogP) is 3.51. The number of fused-ring (bicyclic) bond motifs is 1. The maximum atomic E-state index is 13.2. The van der Waals surface area contributed by atoms with E-state index < -0.39 is 0 Å². The Morgan fingerprint density at radius 1 is 0.958 bits per heavy atom. The molecule has 0 spiro atoms. The summed E-state index contributed by atoms with van der Waals surface area (Å²) < 4.78 is 16.1. The molecule has 0 aromatic heterocycles. The molecule has 1 aromatic carbocycles. The summed E-state index contributed by atoms with van der Waals surface area (Å²) in [6.45, 7) is 0.844. The second kappa shape index (κ2) is 7.32. The molecule has 1 amide bonds. The van der Waals surface area contributed by atoms with Crippen molar-refractivity contribution in [2.45, 2.75) is 44.6 Å². The molecule has 5 nitrogen and oxygen atoms in total. The first-order chi connectivity index (χ1) is 11.7. The number of amides is 1. The van der Waals surface area contributed by atoms with E-state index in [2.05, 4.69) is 4.90 Å². The number of hydrogen-bond donors (Lipinski definition) is 0. The van der Waals surface area contributed by atoms with Gasteiger partial charge in [0.25, 0.3) is 5.91 Å². The van der Waals surface area contributed by atoms with E-state index in [1.54, 1.807) is 33.5 Å². The highest BCUT2D eigenvalue weighted by molar-refractivity contribution is 5.96. The molecule has 5 heteroatoms. The number of likely N-dealkylation sites (tertiary alicyclic amines) is 1. The number of nitrogens with zero attached hydrogens (tertiary/aromatic N) is 1. The van der Waals surface area contributed by atoms with Crippen molar-refractivity contribution in [3.63, 3.8) is 0 Å². The van der Waals surface area contributed by atoms with Crippen LogP contribution < -0.4 is 14.2 Å². The molecule has 2 fully saturated rings. The van der Waals surface area contributed by atoms with Crippen LogP contribution in [0, 0.1) is 5.92 Å². The number of ether oxygens (including phenoxy) is 3. The Bertz CT molecular complexity index is 574. The molecule has 132 valence electrons. The number of hydrogen-bond acceptors (Lipinski definition) is 4. The van der Waals surface area contributed by atoms with E-state index in [0.29, 0.717) is 34.8 Å². The van der Waals surface area contributed by atoms with Crippen molar-refractivity contribution in [2.24, 2.45) is 5.92 Å². The van der Waals surface area contributed by atoms with E-state index in [4.69, 9.17) is 14.2 Å². The van der Waals surface area contributed by atoms with Crippen molar-refractivity contribution in [3.05, 3.63) is 17.7 Å². The summed E-state index contributed by atoms with van der Waals surface area (Å²) >= 11 is 0. The topological polar surface area (TPSA) is 48.0 Å². The highest BCUT2D eigenvalue weighted by Gasteiger charge is 2.36. The summed E-state index contributed by atoms with van der Waals surface area (Å²) in [5.41, 5.74) is 0.607. The second-order valence-corrected chi connectivity index (χ2v) is 6.67. The Morgan fingerprint density at radius 3 is 2.21 bits per heavy atom. The van der Waals surface area contributed by atoms with Crippen LogP contribution in [0.2, 0.25) is 0 Å². The molecule has 2 atom stereocenters. The van der Waals surface area contributed by atoms with Crippen molar-refractivity contribution in [1.29, 1.82) is 0 Å². The lowest BCUT2D eigenvalue weighted by Gasteiger charge is -2.44. The molecular weight excluding hydrogens is 306 g/mol. The van der Waals surface area contributed by atoms with Crippen LogP contribution >= 0.6 is 0 Å². The predicted molar refractivity (Wildman–Crippen MR) is 92.1 cm³/mol. The first kappa shape index (κ1) is 16.9. The SMILES string of the molecule is COc1cc(C(=O)N2CCC[C@@H]3CCCC[C@H]32)cc(OC)c1OC. The molecule has 24 heavy (non-hydrogen) atoms. The number of benzene rings is 1. The maximum absolute atomic E-state index is 13.2. The molecular formula is C19H27NO4. The van der Waals surface area contributed by atoms with Gasteiger partial charge in [-0.25, -0.2) is 0 Å². The van der Waals surface area contributed by atoms with Gasteiger partial charge in [0.15, 0.2) is 11.5 Å². The fraction of sp³-hybridized carbons (Fsp3) is 0.632. The van der Waals surface area contributed by atoms with Gasteiger partial charge < -0.3 is 19.1 Å².